The van der Waals surface area contributed by atoms with E-state index in [0.29, 0.717) is 18.9 Å². The molecule has 0 unspecified atom stereocenters. The Labute approximate surface area is 147 Å². The second-order valence-electron chi connectivity index (χ2n) is 6.89. The van der Waals surface area contributed by atoms with Crippen LogP contribution in [0.5, 0.6) is 5.75 Å². The lowest BCUT2D eigenvalue weighted by atomic mass is 9.69. The van der Waals surface area contributed by atoms with Crippen LogP contribution < -0.4 is 4.74 Å². The third kappa shape index (κ3) is 2.83. The first kappa shape index (κ1) is 18.9. The average Bonchev–Trinajstić information content (AvgIpc) is 2.81. The summed E-state index contributed by atoms with van der Waals surface area (Å²) in [5.41, 5.74) is -6.81. The van der Waals surface area contributed by atoms with Gasteiger partial charge >= 0.3 is 5.51 Å². The lowest BCUT2D eigenvalue weighted by molar-refractivity contribution is -0.0437. The van der Waals surface area contributed by atoms with Crippen molar-refractivity contribution in [3.8, 4) is 11.8 Å². The maximum atomic E-state index is 13.9. The Kier molecular flexibility index (Phi) is 4.24. The van der Waals surface area contributed by atoms with Gasteiger partial charge in [0.1, 0.15) is 24.1 Å². The molecule has 0 amide bonds. The monoisotopic (exact) mass is 393 g/mol. The van der Waals surface area contributed by atoms with Gasteiger partial charge in [-0.15, -0.1) is 0 Å². The fraction of sp³-hybridized carbons (Fsp3) is 0.562. The number of nitrogens with zero attached hydrogens (tertiary/aromatic N) is 1. The molecule has 3 rings (SSSR count). The molecule has 26 heavy (non-hydrogen) atoms. The lowest BCUT2D eigenvalue weighted by Gasteiger charge is -2.39. The van der Waals surface area contributed by atoms with Crippen molar-refractivity contribution < 1.29 is 35.8 Å². The third-order valence-corrected chi connectivity index (χ3v) is 6.37. The smallest absolute Gasteiger partial charge is 0.490 e. The number of rotatable bonds is 3. The second-order valence-corrected chi connectivity index (χ2v) is 8.80. The largest absolute Gasteiger partial charge is 0.501 e. The number of hydrogen-bond donors (Lipinski definition) is 1. The van der Waals surface area contributed by atoms with E-state index < -0.39 is 49.9 Å². The van der Waals surface area contributed by atoms with E-state index in [2.05, 4.69) is 6.07 Å². The van der Waals surface area contributed by atoms with Gasteiger partial charge in [-0.2, -0.15) is 18.4 Å². The summed E-state index contributed by atoms with van der Waals surface area (Å²) < 4.78 is 81.7. The molecule has 0 heterocycles. The van der Waals surface area contributed by atoms with Crippen molar-refractivity contribution in [3.05, 3.63) is 23.3 Å². The van der Waals surface area contributed by atoms with Crippen LogP contribution in [-0.4, -0.2) is 31.3 Å². The van der Waals surface area contributed by atoms with Crippen LogP contribution in [0.15, 0.2) is 17.0 Å². The van der Waals surface area contributed by atoms with E-state index in [1.54, 1.807) is 6.92 Å². The average molecular weight is 393 g/mol. The van der Waals surface area contributed by atoms with Gasteiger partial charge < -0.3 is 9.84 Å². The molecule has 5 nitrogen and oxygen atoms in total. The number of aliphatic hydroxyl groups excluding tert-OH is 1. The van der Waals surface area contributed by atoms with E-state index >= 15 is 0 Å². The van der Waals surface area contributed by atoms with Crippen LogP contribution in [-0.2, 0) is 16.3 Å². The van der Waals surface area contributed by atoms with Gasteiger partial charge in [-0.05, 0) is 19.1 Å². The van der Waals surface area contributed by atoms with Crippen LogP contribution >= 0.6 is 0 Å². The Bertz CT molecular complexity index is 885. The molecule has 2 atom stereocenters. The molecule has 1 N–H and O–H groups in total. The minimum absolute atomic E-state index is 0.0327. The van der Waals surface area contributed by atoms with Gasteiger partial charge in [0, 0.05) is 30.4 Å². The number of nitriles is 1. The molecular formula is C16H15F4NO4S. The van der Waals surface area contributed by atoms with Crippen molar-refractivity contribution in [2.24, 2.45) is 5.41 Å². The Morgan fingerprint density at radius 3 is 2.50 bits per heavy atom. The summed E-state index contributed by atoms with van der Waals surface area (Å²) in [6.07, 6.45) is -3.96. The van der Waals surface area contributed by atoms with E-state index in [9.17, 15) is 31.1 Å². The van der Waals surface area contributed by atoms with E-state index in [4.69, 9.17) is 10.00 Å². The van der Waals surface area contributed by atoms with E-state index in [1.807, 2.05) is 0 Å². The zero-order valence-corrected chi connectivity index (χ0v) is 14.4. The molecule has 1 aromatic rings. The van der Waals surface area contributed by atoms with Gasteiger partial charge in [0.15, 0.2) is 0 Å². The Hall–Kier alpha value is -1.86. The van der Waals surface area contributed by atoms with Gasteiger partial charge in [-0.1, -0.05) is 0 Å². The Morgan fingerprint density at radius 2 is 1.96 bits per heavy atom. The van der Waals surface area contributed by atoms with Crippen LogP contribution in [0.25, 0.3) is 0 Å². The molecule has 0 aromatic heterocycles. The summed E-state index contributed by atoms with van der Waals surface area (Å²) in [5.74, 6) is 0.0327. The van der Waals surface area contributed by atoms with E-state index in [-0.39, 0.29) is 17.4 Å². The van der Waals surface area contributed by atoms with Crippen molar-refractivity contribution >= 4 is 9.84 Å². The molecule has 0 saturated heterocycles. The topological polar surface area (TPSA) is 87.4 Å². The summed E-state index contributed by atoms with van der Waals surface area (Å²) in [7, 11) is -5.74. The zero-order valence-electron chi connectivity index (χ0n) is 13.5. The van der Waals surface area contributed by atoms with E-state index in [1.165, 1.54) is 0 Å². The number of aliphatic hydroxyl groups is 1. The molecule has 1 fully saturated rings. The van der Waals surface area contributed by atoms with Crippen molar-refractivity contribution in [3.63, 3.8) is 0 Å². The van der Waals surface area contributed by atoms with Gasteiger partial charge in [-0.3, -0.25) is 0 Å². The first-order chi connectivity index (χ1) is 11.9. The zero-order chi connectivity index (χ0) is 19.5. The molecule has 1 saturated carbocycles. The quantitative estimate of drug-likeness (QED) is 0.798. The van der Waals surface area contributed by atoms with Crippen molar-refractivity contribution in [2.75, 3.05) is 0 Å². The van der Waals surface area contributed by atoms with Gasteiger partial charge in [0.2, 0.25) is 0 Å². The summed E-state index contributed by atoms with van der Waals surface area (Å²) in [6, 6.07) is 3.85. The number of sulfone groups is 1. The number of alkyl halides is 4. The summed E-state index contributed by atoms with van der Waals surface area (Å²) >= 11 is 0. The highest BCUT2D eigenvalue weighted by molar-refractivity contribution is 7.92. The fourth-order valence-electron chi connectivity index (χ4n) is 3.41. The molecule has 0 spiro atoms. The van der Waals surface area contributed by atoms with Crippen LogP contribution in [0.1, 0.15) is 37.0 Å². The Morgan fingerprint density at radius 1 is 1.35 bits per heavy atom. The molecule has 0 radical (unpaired) electrons. The van der Waals surface area contributed by atoms with Crippen molar-refractivity contribution in [2.45, 2.75) is 55.0 Å². The third-order valence-electron chi connectivity index (χ3n) is 4.83. The van der Waals surface area contributed by atoms with Crippen LogP contribution in [0.2, 0.25) is 0 Å². The van der Waals surface area contributed by atoms with Crippen LogP contribution in [0.4, 0.5) is 17.6 Å². The summed E-state index contributed by atoms with van der Waals surface area (Å²) in [6.45, 7) is 1.73. The van der Waals surface area contributed by atoms with Crippen molar-refractivity contribution in [1.82, 2.24) is 0 Å². The predicted octanol–water partition coefficient (Wildman–Crippen LogP) is 2.98. The normalized spacial score (nSPS) is 31.0. The molecule has 0 aliphatic heterocycles. The Balaban J connectivity index is 2.01. The standard InChI is InChI=1S/C16H15F4NO4S/c1-15(7-21)5-8(6-15)25-11-2-3-12(26(23,24)16(18,19)20)13-9(11)4-10(17)14(13)22/h2-3,8,10,14,22H,4-6H2,1H3/t8-,10-,14-,15+/m1/s1. The molecule has 1 aromatic carbocycles. The molecule has 2 aliphatic carbocycles. The predicted molar refractivity (Wildman–Crippen MR) is 80.6 cm³/mol. The minimum atomic E-state index is -5.74. The van der Waals surface area contributed by atoms with Crippen LogP contribution in [0.3, 0.4) is 0 Å². The van der Waals surface area contributed by atoms with Gasteiger partial charge in [-0.25, -0.2) is 12.8 Å². The number of fused-ring (bicyclic) bond motifs is 1. The first-order valence-electron chi connectivity index (χ1n) is 7.77. The highest BCUT2D eigenvalue weighted by atomic mass is 32.2. The summed E-state index contributed by atoms with van der Waals surface area (Å²) in [5, 5.41) is 18.9. The number of halogens is 4. The number of hydrogen-bond acceptors (Lipinski definition) is 5. The second kappa shape index (κ2) is 5.82. The maximum Gasteiger partial charge on any atom is 0.501 e. The molecular weight excluding hydrogens is 378 g/mol. The SMILES string of the molecule is C[C@]1(C#N)C[C@@H](Oc2ccc(S(=O)(=O)C(F)(F)F)c3c2C[C@@H](F)[C@H]3O)C1. The van der Waals surface area contributed by atoms with Gasteiger partial charge in [0.25, 0.3) is 9.84 Å². The molecule has 142 valence electrons. The summed E-state index contributed by atoms with van der Waals surface area (Å²) in [4.78, 5) is -1.16. The highest BCUT2D eigenvalue weighted by Crippen LogP contribution is 2.47. The molecule has 10 heteroatoms. The van der Waals surface area contributed by atoms with Gasteiger partial charge in [0.05, 0.1) is 16.4 Å². The number of ether oxygens (including phenoxy) is 1. The minimum Gasteiger partial charge on any atom is -0.490 e. The first-order valence-corrected chi connectivity index (χ1v) is 9.25. The highest BCUT2D eigenvalue weighted by Gasteiger charge is 2.51. The lowest BCUT2D eigenvalue weighted by Crippen LogP contribution is -2.41. The maximum absolute atomic E-state index is 13.9. The van der Waals surface area contributed by atoms with Crippen LogP contribution in [0, 0.1) is 16.7 Å². The fourth-order valence-corrected chi connectivity index (χ4v) is 4.44. The number of benzene rings is 1. The van der Waals surface area contributed by atoms with E-state index in [0.717, 1.165) is 6.07 Å². The molecule has 2 aliphatic rings. The molecule has 0 bridgehead atoms. The van der Waals surface area contributed by atoms with Crippen molar-refractivity contribution in [1.29, 1.82) is 5.26 Å².